The van der Waals surface area contributed by atoms with E-state index in [1.165, 1.54) is 49.6 Å². The molecule has 0 aliphatic carbocycles. The Morgan fingerprint density at radius 3 is 2.35 bits per heavy atom. The van der Waals surface area contributed by atoms with E-state index in [0.29, 0.717) is 17.1 Å². The molecule has 3 aromatic rings. The van der Waals surface area contributed by atoms with Gasteiger partial charge >= 0.3 is 5.97 Å². The average Bonchev–Trinajstić information content (AvgIpc) is 3.05. The SMILES string of the molecule is COc1cccc(N2C(=O)C(Cl)=C(Nc3ccc(C(=O)Oc4ccc(Cl)c(O)c4)cc3)C2=O)c1. The number of aromatic hydroxyl groups is 1. The fraction of sp³-hybridized carbons (Fsp3) is 0.0417. The van der Waals surface area contributed by atoms with Crippen molar-refractivity contribution in [3.8, 4) is 17.2 Å². The number of phenolic OH excluding ortho intramolecular Hbond substituents is 1. The van der Waals surface area contributed by atoms with E-state index in [0.717, 1.165) is 4.90 Å². The highest BCUT2D eigenvalue weighted by molar-refractivity contribution is 6.53. The Morgan fingerprint density at radius 2 is 1.68 bits per heavy atom. The second-order valence-electron chi connectivity index (χ2n) is 7.04. The van der Waals surface area contributed by atoms with Crippen LogP contribution >= 0.6 is 23.2 Å². The van der Waals surface area contributed by atoms with E-state index in [1.54, 1.807) is 24.3 Å². The lowest BCUT2D eigenvalue weighted by Crippen LogP contribution is -2.32. The van der Waals surface area contributed by atoms with E-state index in [9.17, 15) is 19.5 Å². The summed E-state index contributed by atoms with van der Waals surface area (Å²) in [5, 5.41) is 12.3. The lowest BCUT2D eigenvalue weighted by molar-refractivity contribution is -0.120. The number of rotatable bonds is 6. The zero-order chi connectivity index (χ0) is 24.4. The maximum atomic E-state index is 12.9. The molecule has 0 fully saturated rings. The Balaban J connectivity index is 1.48. The third-order valence-corrected chi connectivity index (χ3v) is 5.53. The molecule has 0 aromatic heterocycles. The summed E-state index contributed by atoms with van der Waals surface area (Å²) in [6, 6.07) is 16.5. The quantitative estimate of drug-likeness (QED) is 0.288. The minimum Gasteiger partial charge on any atom is -0.506 e. The summed E-state index contributed by atoms with van der Waals surface area (Å²) in [6.07, 6.45) is 0. The van der Waals surface area contributed by atoms with Gasteiger partial charge in [0.2, 0.25) is 0 Å². The van der Waals surface area contributed by atoms with Crippen molar-refractivity contribution in [2.24, 2.45) is 0 Å². The van der Waals surface area contributed by atoms with Gasteiger partial charge in [-0.25, -0.2) is 9.69 Å². The first-order valence-electron chi connectivity index (χ1n) is 9.79. The number of nitrogens with zero attached hydrogens (tertiary/aromatic N) is 1. The molecule has 172 valence electrons. The molecular weight excluding hydrogens is 483 g/mol. The number of nitrogens with one attached hydrogen (secondary N) is 1. The molecule has 1 heterocycles. The van der Waals surface area contributed by atoms with Crippen LogP contribution in [0.2, 0.25) is 5.02 Å². The molecule has 34 heavy (non-hydrogen) atoms. The Hall–Kier alpha value is -4.01. The number of hydrogen-bond acceptors (Lipinski definition) is 7. The zero-order valence-electron chi connectivity index (χ0n) is 17.5. The first-order chi connectivity index (χ1) is 16.3. The number of esters is 1. The van der Waals surface area contributed by atoms with Crippen molar-refractivity contribution < 1.29 is 29.0 Å². The van der Waals surface area contributed by atoms with Crippen LogP contribution in [0.4, 0.5) is 11.4 Å². The monoisotopic (exact) mass is 498 g/mol. The molecule has 10 heteroatoms. The number of carbonyl (C=O) groups excluding carboxylic acids is 3. The van der Waals surface area contributed by atoms with E-state index < -0.39 is 17.8 Å². The first kappa shape index (κ1) is 23.2. The summed E-state index contributed by atoms with van der Waals surface area (Å²) in [5.74, 6) is -1.58. The molecule has 8 nitrogen and oxygen atoms in total. The van der Waals surface area contributed by atoms with Crippen molar-refractivity contribution >= 4 is 52.4 Å². The van der Waals surface area contributed by atoms with Gasteiger partial charge in [0, 0.05) is 17.8 Å². The van der Waals surface area contributed by atoms with Gasteiger partial charge in [0.05, 0.1) is 23.4 Å². The van der Waals surface area contributed by atoms with E-state index in [1.807, 2.05) is 0 Å². The Bertz CT molecular complexity index is 1340. The van der Waals surface area contributed by atoms with Crippen LogP contribution in [0.5, 0.6) is 17.2 Å². The average molecular weight is 499 g/mol. The van der Waals surface area contributed by atoms with Crippen molar-refractivity contribution in [2.45, 2.75) is 0 Å². The van der Waals surface area contributed by atoms with Crippen molar-refractivity contribution in [1.29, 1.82) is 0 Å². The maximum Gasteiger partial charge on any atom is 0.343 e. The molecule has 0 radical (unpaired) electrons. The zero-order valence-corrected chi connectivity index (χ0v) is 19.1. The van der Waals surface area contributed by atoms with Crippen molar-refractivity contribution in [1.82, 2.24) is 0 Å². The minimum atomic E-state index is -0.672. The van der Waals surface area contributed by atoms with E-state index >= 15 is 0 Å². The highest BCUT2D eigenvalue weighted by atomic mass is 35.5. The summed E-state index contributed by atoms with van der Waals surface area (Å²) >= 11 is 11.9. The topological polar surface area (TPSA) is 105 Å². The van der Waals surface area contributed by atoms with E-state index in [4.69, 9.17) is 32.7 Å². The number of amides is 2. The highest BCUT2D eigenvalue weighted by Gasteiger charge is 2.39. The second kappa shape index (κ2) is 9.46. The van der Waals surface area contributed by atoms with Gasteiger partial charge in [0.25, 0.3) is 11.8 Å². The van der Waals surface area contributed by atoms with Crippen LogP contribution in [0.25, 0.3) is 0 Å². The standard InChI is InChI=1S/C24H16Cl2N2O6/c1-33-16-4-2-3-15(11-16)28-22(30)20(26)21(23(28)31)27-14-7-5-13(6-8-14)24(32)34-17-9-10-18(25)19(29)12-17/h2-12,27,29H,1H3. The van der Waals surface area contributed by atoms with Gasteiger partial charge in [0.1, 0.15) is 28.0 Å². The van der Waals surface area contributed by atoms with Gasteiger partial charge in [-0.1, -0.05) is 29.3 Å². The number of methoxy groups -OCH3 is 1. The lowest BCUT2D eigenvalue weighted by Gasteiger charge is -2.16. The van der Waals surface area contributed by atoms with Crippen molar-refractivity contribution in [3.05, 3.63) is 88.0 Å². The van der Waals surface area contributed by atoms with Crippen LogP contribution in [-0.4, -0.2) is 30.0 Å². The summed E-state index contributed by atoms with van der Waals surface area (Å²) in [5.41, 5.74) is 0.853. The molecule has 1 aliphatic rings. The van der Waals surface area contributed by atoms with Crippen LogP contribution in [0.3, 0.4) is 0 Å². The van der Waals surface area contributed by atoms with Crippen LogP contribution in [0.15, 0.2) is 77.5 Å². The predicted octanol–water partition coefficient (Wildman–Crippen LogP) is 4.71. The molecule has 2 amide bonds. The summed E-state index contributed by atoms with van der Waals surface area (Å²) in [6.45, 7) is 0. The molecule has 0 unspecified atom stereocenters. The van der Waals surface area contributed by atoms with Crippen LogP contribution in [-0.2, 0) is 9.59 Å². The molecule has 0 atom stereocenters. The fourth-order valence-corrected chi connectivity index (χ4v) is 3.48. The Morgan fingerprint density at radius 1 is 0.941 bits per heavy atom. The molecule has 3 aromatic carbocycles. The number of benzene rings is 3. The van der Waals surface area contributed by atoms with Crippen LogP contribution < -0.4 is 19.7 Å². The second-order valence-corrected chi connectivity index (χ2v) is 7.83. The Labute approximate surface area is 203 Å². The van der Waals surface area contributed by atoms with Gasteiger partial charge in [0.15, 0.2) is 0 Å². The molecule has 0 spiro atoms. The number of carbonyl (C=O) groups is 3. The largest absolute Gasteiger partial charge is 0.506 e. The third kappa shape index (κ3) is 4.54. The lowest BCUT2D eigenvalue weighted by atomic mass is 10.2. The minimum absolute atomic E-state index is 0.0959. The molecule has 2 N–H and O–H groups in total. The number of hydrogen-bond donors (Lipinski definition) is 2. The molecule has 0 saturated carbocycles. The number of halogens is 2. The van der Waals surface area contributed by atoms with E-state index in [2.05, 4.69) is 5.32 Å². The number of ether oxygens (including phenoxy) is 2. The van der Waals surface area contributed by atoms with Crippen LogP contribution in [0, 0.1) is 0 Å². The normalized spacial score (nSPS) is 13.3. The van der Waals surface area contributed by atoms with Crippen molar-refractivity contribution in [2.75, 3.05) is 17.3 Å². The molecule has 1 aliphatic heterocycles. The van der Waals surface area contributed by atoms with Crippen molar-refractivity contribution in [3.63, 3.8) is 0 Å². The number of imide groups is 1. The fourth-order valence-electron chi connectivity index (χ4n) is 3.15. The smallest absolute Gasteiger partial charge is 0.343 e. The van der Waals surface area contributed by atoms with Gasteiger partial charge in [-0.05, 0) is 48.5 Å². The molecule has 0 bridgehead atoms. The van der Waals surface area contributed by atoms with Crippen LogP contribution in [0.1, 0.15) is 10.4 Å². The third-order valence-electron chi connectivity index (χ3n) is 4.86. The summed E-state index contributed by atoms with van der Waals surface area (Å²) < 4.78 is 10.4. The summed E-state index contributed by atoms with van der Waals surface area (Å²) in [4.78, 5) is 38.8. The number of phenols is 1. The maximum absolute atomic E-state index is 12.9. The molecule has 4 rings (SSSR count). The molecule has 0 saturated heterocycles. The molecular formula is C24H16Cl2N2O6. The highest BCUT2D eigenvalue weighted by Crippen LogP contribution is 2.32. The number of anilines is 2. The van der Waals surface area contributed by atoms with Gasteiger partial charge in [-0.3, -0.25) is 9.59 Å². The first-order valence-corrected chi connectivity index (χ1v) is 10.5. The van der Waals surface area contributed by atoms with Gasteiger partial charge in [-0.2, -0.15) is 0 Å². The van der Waals surface area contributed by atoms with E-state index in [-0.39, 0.29) is 32.8 Å². The van der Waals surface area contributed by atoms with Gasteiger partial charge < -0.3 is 19.9 Å². The predicted molar refractivity (Wildman–Crippen MR) is 127 cm³/mol. The Kier molecular flexibility index (Phi) is 6.45. The summed E-state index contributed by atoms with van der Waals surface area (Å²) in [7, 11) is 1.48. The van der Waals surface area contributed by atoms with Gasteiger partial charge in [-0.15, -0.1) is 0 Å².